The van der Waals surface area contributed by atoms with E-state index < -0.39 is 18.0 Å². The maximum Gasteiger partial charge on any atom is 0.389 e. The third-order valence-corrected chi connectivity index (χ3v) is 6.84. The highest BCUT2D eigenvalue weighted by Crippen LogP contribution is 2.55. The first-order chi connectivity index (χ1) is 15.5. The van der Waals surface area contributed by atoms with Gasteiger partial charge in [0, 0.05) is 11.5 Å². The Hall–Kier alpha value is -3.29. The van der Waals surface area contributed by atoms with E-state index in [1.165, 1.54) is 12.0 Å². The molecule has 5 rings (SSSR count). The first kappa shape index (κ1) is 20.6. The summed E-state index contributed by atoms with van der Waals surface area (Å²) in [4.78, 5) is 47.6. The predicted molar refractivity (Wildman–Crippen MR) is 115 cm³/mol. The van der Waals surface area contributed by atoms with Crippen molar-refractivity contribution in [1.82, 2.24) is 4.90 Å². The summed E-state index contributed by atoms with van der Waals surface area (Å²) in [6, 6.07) is 13.1. The van der Waals surface area contributed by atoms with Gasteiger partial charge in [0.05, 0.1) is 25.2 Å². The van der Waals surface area contributed by atoms with Crippen LogP contribution >= 0.6 is 0 Å². The summed E-state index contributed by atoms with van der Waals surface area (Å²) in [7, 11) is 1.25. The number of aldehydes is 1. The van der Waals surface area contributed by atoms with Gasteiger partial charge >= 0.3 is 5.97 Å². The highest BCUT2D eigenvalue weighted by atomic mass is 17.2. The Kier molecular flexibility index (Phi) is 4.95. The van der Waals surface area contributed by atoms with E-state index in [0.29, 0.717) is 5.56 Å². The molecule has 0 saturated carbocycles. The molecule has 2 aliphatic heterocycles. The van der Waals surface area contributed by atoms with Gasteiger partial charge in [0.15, 0.2) is 0 Å². The molecule has 0 bridgehead atoms. The normalized spacial score (nSPS) is 24.3. The molecule has 0 aromatic heterocycles. The molecule has 1 N–H and O–H groups in total. The van der Waals surface area contributed by atoms with Gasteiger partial charge < -0.3 is 10.0 Å². The van der Waals surface area contributed by atoms with Crippen molar-refractivity contribution in [2.75, 3.05) is 7.11 Å². The molecule has 2 aromatic rings. The molecule has 32 heavy (non-hydrogen) atoms. The van der Waals surface area contributed by atoms with E-state index in [1.54, 1.807) is 19.1 Å². The zero-order valence-corrected chi connectivity index (χ0v) is 17.8. The number of benzene rings is 2. The molecular weight excluding hydrogens is 410 g/mol. The lowest BCUT2D eigenvalue weighted by Crippen LogP contribution is -2.64. The van der Waals surface area contributed by atoms with Crippen molar-refractivity contribution in [3.63, 3.8) is 0 Å². The quantitative estimate of drug-likeness (QED) is 0.337. The Morgan fingerprint density at radius 2 is 1.91 bits per heavy atom. The van der Waals surface area contributed by atoms with Gasteiger partial charge in [-0.1, -0.05) is 36.4 Å². The van der Waals surface area contributed by atoms with Gasteiger partial charge in [0.25, 0.3) is 0 Å². The number of amides is 1. The van der Waals surface area contributed by atoms with Crippen LogP contribution in [0.15, 0.2) is 48.2 Å². The topological polar surface area (TPSA) is 93.1 Å². The van der Waals surface area contributed by atoms with Gasteiger partial charge in [-0.3, -0.25) is 14.5 Å². The Bertz CT molecular complexity index is 1150. The van der Waals surface area contributed by atoms with Crippen LogP contribution in [0.1, 0.15) is 34.8 Å². The molecule has 4 atom stereocenters. The summed E-state index contributed by atoms with van der Waals surface area (Å²) >= 11 is 0. The number of hydrogen-bond donors (Lipinski definition) is 1. The van der Waals surface area contributed by atoms with Crippen LogP contribution in [-0.4, -0.2) is 47.4 Å². The molecule has 1 amide bonds. The van der Waals surface area contributed by atoms with Crippen molar-refractivity contribution >= 4 is 23.7 Å². The summed E-state index contributed by atoms with van der Waals surface area (Å²) in [6.07, 6.45) is 1.59. The number of β-lactam (4-membered cyclic amide) rings is 1. The molecule has 164 valence electrons. The summed E-state index contributed by atoms with van der Waals surface area (Å²) in [5.74, 6) is -1.58. The van der Waals surface area contributed by atoms with Gasteiger partial charge in [-0.2, -0.15) is 4.89 Å². The maximum atomic E-state index is 12.9. The van der Waals surface area contributed by atoms with Gasteiger partial charge in [0.1, 0.15) is 12.0 Å². The number of hydrogen-bond acceptors (Lipinski definition) is 6. The number of aliphatic hydroxyl groups is 1. The molecule has 7 nitrogen and oxygen atoms in total. The summed E-state index contributed by atoms with van der Waals surface area (Å²) in [5, 5.41) is 10.2. The van der Waals surface area contributed by atoms with Crippen molar-refractivity contribution in [3.05, 3.63) is 64.9 Å². The minimum Gasteiger partial charge on any atom is -0.393 e. The largest absolute Gasteiger partial charge is 0.393 e. The van der Waals surface area contributed by atoms with Crippen molar-refractivity contribution in [3.8, 4) is 11.1 Å². The zero-order valence-electron chi connectivity index (χ0n) is 17.8. The molecular formula is C25H23NO6. The van der Waals surface area contributed by atoms with Crippen LogP contribution < -0.4 is 0 Å². The summed E-state index contributed by atoms with van der Waals surface area (Å²) < 4.78 is 0. The highest BCUT2D eigenvalue weighted by molar-refractivity contribution is 6.08. The van der Waals surface area contributed by atoms with Crippen LogP contribution in [0, 0.1) is 11.8 Å². The first-order valence-corrected chi connectivity index (χ1v) is 10.7. The van der Waals surface area contributed by atoms with E-state index in [-0.39, 0.29) is 23.6 Å². The molecule has 1 saturated heterocycles. The second-order valence-electron chi connectivity index (χ2n) is 8.52. The van der Waals surface area contributed by atoms with E-state index in [0.717, 1.165) is 47.0 Å². The first-order valence-electron chi connectivity index (χ1n) is 10.7. The van der Waals surface area contributed by atoms with Crippen molar-refractivity contribution < 1.29 is 29.3 Å². The van der Waals surface area contributed by atoms with Crippen LogP contribution in [0.25, 0.3) is 16.7 Å². The molecule has 3 aliphatic rings. The number of carbonyl (C=O) groups is 3. The van der Waals surface area contributed by atoms with E-state index >= 15 is 0 Å². The number of fused-ring (bicyclic) bond motifs is 5. The second kappa shape index (κ2) is 7.69. The number of aryl methyl sites for hydroxylation is 1. The smallest absolute Gasteiger partial charge is 0.389 e. The average molecular weight is 433 g/mol. The lowest BCUT2D eigenvalue weighted by atomic mass is 9.70. The second-order valence-corrected chi connectivity index (χ2v) is 8.52. The molecule has 1 unspecified atom stereocenters. The Morgan fingerprint density at radius 1 is 1.19 bits per heavy atom. The maximum absolute atomic E-state index is 12.9. The van der Waals surface area contributed by atoms with Gasteiger partial charge in [-0.15, -0.1) is 0 Å². The van der Waals surface area contributed by atoms with Crippen molar-refractivity contribution in [2.45, 2.75) is 31.9 Å². The highest BCUT2D eigenvalue weighted by Gasteiger charge is 2.62. The predicted octanol–water partition coefficient (Wildman–Crippen LogP) is 2.77. The van der Waals surface area contributed by atoms with Gasteiger partial charge in [-0.05, 0) is 53.7 Å². The Balaban J connectivity index is 1.64. The van der Waals surface area contributed by atoms with E-state index in [1.807, 2.05) is 30.3 Å². The fourth-order valence-electron chi connectivity index (χ4n) is 5.45. The SMILES string of the molecule is COOC(=O)C1=C2c3cc(-c4ccc(C=O)cc4)ccc3CC[C@@H]2C2[C@@H]([C@@H](C)O)C(=O)N12. The average Bonchev–Trinajstić information content (AvgIpc) is 3.09. The molecule has 1 aliphatic carbocycles. The van der Waals surface area contributed by atoms with E-state index in [4.69, 9.17) is 4.89 Å². The fraction of sp³-hybridized carbons (Fsp3) is 0.320. The summed E-state index contributed by atoms with van der Waals surface area (Å²) in [5.41, 5.74) is 5.48. The number of nitrogens with zero attached hydrogens (tertiary/aromatic N) is 1. The fourth-order valence-corrected chi connectivity index (χ4v) is 5.45. The van der Waals surface area contributed by atoms with Crippen molar-refractivity contribution in [1.29, 1.82) is 0 Å². The molecule has 7 heteroatoms. The number of aliphatic hydroxyl groups excluding tert-OH is 1. The Labute approximate surface area is 185 Å². The third-order valence-electron chi connectivity index (χ3n) is 6.84. The van der Waals surface area contributed by atoms with Crippen LogP contribution in [0.3, 0.4) is 0 Å². The monoisotopic (exact) mass is 433 g/mol. The molecule has 2 aromatic carbocycles. The summed E-state index contributed by atoms with van der Waals surface area (Å²) in [6.45, 7) is 1.61. The van der Waals surface area contributed by atoms with Crippen LogP contribution in [0.5, 0.6) is 0 Å². The van der Waals surface area contributed by atoms with Gasteiger partial charge in [-0.25, -0.2) is 4.79 Å². The van der Waals surface area contributed by atoms with Gasteiger partial charge in [0.2, 0.25) is 5.91 Å². The molecule has 0 spiro atoms. The number of carbonyl (C=O) groups excluding carboxylic acids is 3. The van der Waals surface area contributed by atoms with Crippen LogP contribution in [-0.2, 0) is 25.8 Å². The standard InChI is InChI=1S/C25H23NO6/c1-13(28)20-22-18-10-9-16-7-8-17(15-5-3-14(12-27)4-6-15)11-19(16)21(18)23(25(30)32-31-2)26(22)24(20)29/h3-8,11-13,18,20,22,28H,9-10H2,1-2H3/t13-,18+,20-,22?/m1/s1. The molecule has 1 fully saturated rings. The Morgan fingerprint density at radius 3 is 2.56 bits per heavy atom. The molecule has 0 radical (unpaired) electrons. The lowest BCUT2D eigenvalue weighted by Gasteiger charge is -2.47. The number of rotatable bonds is 5. The third kappa shape index (κ3) is 2.92. The van der Waals surface area contributed by atoms with E-state index in [2.05, 4.69) is 4.89 Å². The lowest BCUT2D eigenvalue weighted by molar-refractivity contribution is -0.252. The zero-order chi connectivity index (χ0) is 22.6. The van der Waals surface area contributed by atoms with E-state index in [9.17, 15) is 19.5 Å². The molecule has 2 heterocycles. The van der Waals surface area contributed by atoms with Crippen molar-refractivity contribution in [2.24, 2.45) is 11.8 Å². The minimum atomic E-state index is -0.799. The van der Waals surface area contributed by atoms with Crippen LogP contribution in [0.2, 0.25) is 0 Å². The van der Waals surface area contributed by atoms with Crippen LogP contribution in [0.4, 0.5) is 0 Å². The minimum absolute atomic E-state index is 0.0631.